The van der Waals surface area contributed by atoms with Crippen molar-refractivity contribution in [1.29, 1.82) is 0 Å². The second-order valence-corrected chi connectivity index (χ2v) is 8.16. The first-order chi connectivity index (χ1) is 12.6. The Morgan fingerprint density at radius 1 is 1.19 bits per heavy atom. The molecule has 2 aliphatic rings. The Kier molecular flexibility index (Phi) is 5.41. The van der Waals surface area contributed by atoms with Gasteiger partial charge in [0.1, 0.15) is 5.82 Å². The maximum absolute atomic E-state index is 11.8. The molecule has 1 aromatic rings. The molecule has 0 N–H and O–H groups in total. The summed E-state index contributed by atoms with van der Waals surface area (Å²) in [4.78, 5) is 20.4. The number of carbonyl (C=O) groups excluding carboxylic acids is 1. The smallest absolute Gasteiger partial charge is 0.450 e. The maximum atomic E-state index is 11.8. The van der Waals surface area contributed by atoms with E-state index in [9.17, 15) is 4.79 Å². The number of rotatable bonds is 3. The highest BCUT2D eigenvalue weighted by Crippen LogP contribution is 2.36. The van der Waals surface area contributed by atoms with Crippen LogP contribution in [0.15, 0.2) is 12.3 Å². The van der Waals surface area contributed by atoms with Crippen LogP contribution in [0.25, 0.3) is 0 Å². The number of nitrogens with zero attached hydrogens (tertiary/aromatic N) is 3. The zero-order valence-electron chi connectivity index (χ0n) is 17.2. The molecule has 0 saturated carbocycles. The molecule has 27 heavy (non-hydrogen) atoms. The summed E-state index contributed by atoms with van der Waals surface area (Å²) in [7, 11) is -0.405. The minimum Gasteiger partial charge on any atom is -0.450 e. The van der Waals surface area contributed by atoms with Gasteiger partial charge in [0.25, 0.3) is 0 Å². The number of piperazine rings is 1. The maximum Gasteiger partial charge on any atom is 0.496 e. The average Bonchev–Trinajstić information content (AvgIpc) is 2.82. The monoisotopic (exact) mass is 375 g/mol. The van der Waals surface area contributed by atoms with Gasteiger partial charge in [0.05, 0.1) is 17.8 Å². The summed E-state index contributed by atoms with van der Waals surface area (Å²) in [6, 6.07) is 2.07. The molecule has 3 heterocycles. The predicted octanol–water partition coefficient (Wildman–Crippen LogP) is 1.97. The molecule has 0 aliphatic carbocycles. The van der Waals surface area contributed by atoms with Crippen LogP contribution < -0.4 is 10.4 Å². The topological polar surface area (TPSA) is 64.1 Å². The normalized spacial score (nSPS) is 21.5. The Hall–Kier alpha value is -1.80. The fourth-order valence-electron chi connectivity index (χ4n) is 3.27. The number of ether oxygens (including phenoxy) is 1. The average molecular weight is 375 g/mol. The Morgan fingerprint density at radius 3 is 2.30 bits per heavy atom. The lowest BCUT2D eigenvalue weighted by atomic mass is 9.77. The molecule has 7 nitrogen and oxygen atoms in total. The van der Waals surface area contributed by atoms with Crippen LogP contribution in [0.3, 0.4) is 0 Å². The van der Waals surface area contributed by atoms with E-state index in [4.69, 9.17) is 14.0 Å². The van der Waals surface area contributed by atoms with Crippen molar-refractivity contribution in [2.24, 2.45) is 0 Å². The first-order valence-corrected chi connectivity index (χ1v) is 9.63. The molecule has 2 aliphatic heterocycles. The fourth-order valence-corrected chi connectivity index (χ4v) is 3.27. The second kappa shape index (κ2) is 7.32. The first kappa shape index (κ1) is 20.0. The van der Waals surface area contributed by atoms with Crippen molar-refractivity contribution in [3.8, 4) is 0 Å². The van der Waals surface area contributed by atoms with Gasteiger partial charge in [-0.2, -0.15) is 0 Å². The summed E-state index contributed by atoms with van der Waals surface area (Å²) in [5.74, 6) is 0.913. The number of carbonyl (C=O) groups is 1. The molecule has 3 rings (SSSR count). The molecule has 0 atom stereocenters. The van der Waals surface area contributed by atoms with Crippen molar-refractivity contribution in [3.05, 3.63) is 17.8 Å². The zero-order valence-corrected chi connectivity index (χ0v) is 17.2. The lowest BCUT2D eigenvalue weighted by Gasteiger charge is -2.35. The lowest BCUT2D eigenvalue weighted by molar-refractivity contribution is 0.00578. The molecule has 148 valence electrons. The molecular weight excluding hydrogens is 345 g/mol. The van der Waals surface area contributed by atoms with Crippen LogP contribution >= 0.6 is 0 Å². The van der Waals surface area contributed by atoms with Crippen molar-refractivity contribution in [2.45, 2.75) is 52.7 Å². The molecule has 0 radical (unpaired) electrons. The molecule has 1 aromatic heterocycles. The molecule has 0 spiro atoms. The van der Waals surface area contributed by atoms with Crippen molar-refractivity contribution < 1.29 is 18.8 Å². The summed E-state index contributed by atoms with van der Waals surface area (Å²) in [5, 5.41) is 0. The van der Waals surface area contributed by atoms with Gasteiger partial charge in [0.2, 0.25) is 0 Å². The molecule has 0 bridgehead atoms. The third-order valence-electron chi connectivity index (χ3n) is 5.77. The minimum atomic E-state index is -0.405. The van der Waals surface area contributed by atoms with Crippen LogP contribution in [0.2, 0.25) is 0 Å². The molecule has 2 saturated heterocycles. The highest BCUT2D eigenvalue weighted by atomic mass is 16.7. The SMILES string of the molecule is CCOC(=O)N1CCN(c2cc(C)c(B3OC(C)(C)C(C)(C)O3)cn2)CC1. The second-order valence-electron chi connectivity index (χ2n) is 8.16. The van der Waals surface area contributed by atoms with Crippen molar-refractivity contribution in [3.63, 3.8) is 0 Å². The number of aromatic nitrogens is 1. The quantitative estimate of drug-likeness (QED) is 0.753. The van der Waals surface area contributed by atoms with E-state index in [0.717, 1.165) is 29.9 Å². The number of hydrogen-bond donors (Lipinski definition) is 0. The molecule has 0 aromatic carbocycles. The van der Waals surface area contributed by atoms with E-state index in [2.05, 4.69) is 22.9 Å². The Bertz CT molecular complexity index is 686. The molecule has 1 amide bonds. The van der Waals surface area contributed by atoms with E-state index in [1.807, 2.05) is 40.8 Å². The van der Waals surface area contributed by atoms with E-state index in [1.165, 1.54) is 0 Å². The van der Waals surface area contributed by atoms with Gasteiger partial charge in [0.15, 0.2) is 0 Å². The Labute approximate surface area is 162 Å². The molecule has 2 fully saturated rings. The van der Waals surface area contributed by atoms with E-state index < -0.39 is 7.12 Å². The summed E-state index contributed by atoms with van der Waals surface area (Å²) in [5.41, 5.74) is 1.31. The first-order valence-electron chi connectivity index (χ1n) is 9.63. The number of amides is 1. The van der Waals surface area contributed by atoms with Gasteiger partial charge in [-0.25, -0.2) is 9.78 Å². The summed E-state index contributed by atoms with van der Waals surface area (Å²) in [6.45, 7) is 15.2. The minimum absolute atomic E-state index is 0.239. The highest BCUT2D eigenvalue weighted by Gasteiger charge is 2.52. The van der Waals surface area contributed by atoms with E-state index in [0.29, 0.717) is 19.7 Å². The number of hydrogen-bond acceptors (Lipinski definition) is 6. The summed E-state index contributed by atoms with van der Waals surface area (Å²) in [6.07, 6.45) is 1.61. The Balaban J connectivity index is 1.67. The summed E-state index contributed by atoms with van der Waals surface area (Å²) < 4.78 is 17.4. The van der Waals surface area contributed by atoms with Gasteiger partial charge < -0.3 is 23.8 Å². The summed E-state index contributed by atoms with van der Waals surface area (Å²) >= 11 is 0. The highest BCUT2D eigenvalue weighted by molar-refractivity contribution is 6.62. The van der Waals surface area contributed by atoms with Gasteiger partial charge in [-0.15, -0.1) is 0 Å². The largest absolute Gasteiger partial charge is 0.496 e. The molecule has 8 heteroatoms. The lowest BCUT2D eigenvalue weighted by Crippen LogP contribution is -2.49. The van der Waals surface area contributed by atoms with Crippen molar-refractivity contribution in [2.75, 3.05) is 37.7 Å². The Morgan fingerprint density at radius 2 is 1.78 bits per heavy atom. The van der Waals surface area contributed by atoms with Crippen LogP contribution in [0.1, 0.15) is 40.2 Å². The predicted molar refractivity (Wildman–Crippen MR) is 105 cm³/mol. The van der Waals surface area contributed by atoms with Crippen LogP contribution in [0.4, 0.5) is 10.6 Å². The van der Waals surface area contributed by atoms with E-state index in [-0.39, 0.29) is 17.3 Å². The molecule has 0 unspecified atom stereocenters. The van der Waals surface area contributed by atoms with Crippen molar-refractivity contribution >= 4 is 24.5 Å². The third kappa shape index (κ3) is 3.92. The van der Waals surface area contributed by atoms with Crippen molar-refractivity contribution in [1.82, 2.24) is 9.88 Å². The van der Waals surface area contributed by atoms with Crippen LogP contribution in [0.5, 0.6) is 0 Å². The van der Waals surface area contributed by atoms with E-state index in [1.54, 1.807) is 4.90 Å². The van der Waals surface area contributed by atoms with Gasteiger partial charge in [-0.3, -0.25) is 0 Å². The number of aryl methyl sites for hydroxylation is 1. The van der Waals surface area contributed by atoms with Crippen LogP contribution in [-0.2, 0) is 14.0 Å². The molecular formula is C19H30BN3O4. The zero-order chi connectivity index (χ0) is 19.8. The van der Waals surface area contributed by atoms with Crippen LogP contribution in [-0.4, -0.2) is 67.1 Å². The van der Waals surface area contributed by atoms with Gasteiger partial charge >= 0.3 is 13.2 Å². The fraction of sp³-hybridized carbons (Fsp3) is 0.684. The number of pyridine rings is 1. The van der Waals surface area contributed by atoms with Gasteiger partial charge in [0, 0.05) is 37.8 Å². The van der Waals surface area contributed by atoms with Gasteiger partial charge in [-0.05, 0) is 53.2 Å². The van der Waals surface area contributed by atoms with E-state index >= 15 is 0 Å². The van der Waals surface area contributed by atoms with Crippen LogP contribution in [0, 0.1) is 6.92 Å². The standard InChI is InChI=1S/C19H30BN3O4/c1-7-25-17(24)23-10-8-22(9-11-23)16-12-14(2)15(13-21-16)20-26-18(3,4)19(5,6)27-20/h12-13H,7-11H2,1-6H3. The third-order valence-corrected chi connectivity index (χ3v) is 5.77. The van der Waals surface area contributed by atoms with Gasteiger partial charge in [-0.1, -0.05) is 0 Å². The number of anilines is 1.